The number of hydrogen-bond donors (Lipinski definition) is 2. The Balaban J connectivity index is 1.87. The molecule has 0 radical (unpaired) electrons. The molecule has 0 aliphatic heterocycles. The van der Waals surface area contributed by atoms with Crippen molar-refractivity contribution in [3.8, 4) is 0 Å². The average molecular weight is 268 g/mol. The van der Waals surface area contributed by atoms with Crippen LogP contribution in [0.5, 0.6) is 0 Å². The maximum absolute atomic E-state index is 11.9. The number of nitrogens with one attached hydrogen (secondary N) is 2. The maximum Gasteiger partial charge on any atom is 0.319 e. The number of para-hydroxylation sites is 1. The number of anilines is 1. The molecule has 3 nitrogen and oxygen atoms in total. The van der Waals surface area contributed by atoms with Crippen LogP contribution in [0.1, 0.15) is 18.1 Å². The zero-order valence-corrected chi connectivity index (χ0v) is 11.9. The number of benzene rings is 2. The van der Waals surface area contributed by atoms with Crippen molar-refractivity contribution in [3.05, 3.63) is 65.7 Å². The van der Waals surface area contributed by atoms with Crippen molar-refractivity contribution < 1.29 is 4.79 Å². The highest BCUT2D eigenvalue weighted by Gasteiger charge is 2.08. The van der Waals surface area contributed by atoms with Crippen LogP contribution in [0.25, 0.3) is 0 Å². The van der Waals surface area contributed by atoms with E-state index in [2.05, 4.69) is 22.8 Å². The third kappa shape index (κ3) is 4.12. The highest BCUT2D eigenvalue weighted by molar-refractivity contribution is 5.90. The molecule has 0 bridgehead atoms. The zero-order chi connectivity index (χ0) is 14.4. The van der Waals surface area contributed by atoms with E-state index < -0.39 is 0 Å². The molecular weight excluding hydrogens is 248 g/mol. The third-order valence-electron chi connectivity index (χ3n) is 3.16. The van der Waals surface area contributed by atoms with Crippen molar-refractivity contribution in [3.63, 3.8) is 0 Å². The fraction of sp³-hybridized carbons (Fsp3) is 0.235. The first kappa shape index (κ1) is 14.1. The number of carbonyl (C=O) groups is 1. The van der Waals surface area contributed by atoms with Crippen molar-refractivity contribution in [1.82, 2.24) is 5.32 Å². The van der Waals surface area contributed by atoms with Gasteiger partial charge in [0.25, 0.3) is 0 Å². The molecule has 1 unspecified atom stereocenters. The predicted molar refractivity (Wildman–Crippen MR) is 82.9 cm³/mol. The Hall–Kier alpha value is -2.29. The number of carbonyl (C=O) groups excluding carboxylic acids is 1. The molecule has 2 aromatic carbocycles. The van der Waals surface area contributed by atoms with E-state index in [1.807, 2.05) is 56.3 Å². The van der Waals surface area contributed by atoms with Crippen molar-refractivity contribution in [2.24, 2.45) is 0 Å². The maximum atomic E-state index is 11.9. The van der Waals surface area contributed by atoms with Crippen LogP contribution in [-0.4, -0.2) is 12.1 Å². The van der Waals surface area contributed by atoms with E-state index in [9.17, 15) is 4.79 Å². The van der Waals surface area contributed by atoms with Crippen LogP contribution in [0.2, 0.25) is 0 Å². The monoisotopic (exact) mass is 268 g/mol. The molecule has 0 fully saturated rings. The standard InChI is InChI=1S/C17H20N2O/c1-13-8-6-7-11-16(13)19-17(20)18-14(2)12-15-9-4-3-5-10-15/h3-11,14H,12H2,1-2H3,(H2,18,19,20). The van der Waals surface area contributed by atoms with Gasteiger partial charge in [-0.05, 0) is 37.5 Å². The molecule has 2 aromatic rings. The topological polar surface area (TPSA) is 41.1 Å². The van der Waals surface area contributed by atoms with Crippen LogP contribution >= 0.6 is 0 Å². The Morgan fingerprint density at radius 2 is 1.70 bits per heavy atom. The molecule has 0 saturated heterocycles. The molecule has 0 aliphatic rings. The first-order valence-corrected chi connectivity index (χ1v) is 6.82. The van der Waals surface area contributed by atoms with Gasteiger partial charge in [-0.3, -0.25) is 0 Å². The molecule has 1 atom stereocenters. The molecule has 20 heavy (non-hydrogen) atoms. The lowest BCUT2D eigenvalue weighted by Crippen LogP contribution is -2.37. The van der Waals surface area contributed by atoms with Crippen LogP contribution < -0.4 is 10.6 Å². The Morgan fingerprint density at radius 3 is 2.40 bits per heavy atom. The van der Waals surface area contributed by atoms with E-state index in [-0.39, 0.29) is 12.1 Å². The summed E-state index contributed by atoms with van der Waals surface area (Å²) in [6.07, 6.45) is 0.821. The van der Waals surface area contributed by atoms with Gasteiger partial charge in [-0.25, -0.2) is 4.79 Å². The minimum absolute atomic E-state index is 0.0846. The first-order chi connectivity index (χ1) is 9.65. The highest BCUT2D eigenvalue weighted by atomic mass is 16.2. The summed E-state index contributed by atoms with van der Waals surface area (Å²) in [6.45, 7) is 3.98. The highest BCUT2D eigenvalue weighted by Crippen LogP contribution is 2.12. The second-order valence-electron chi connectivity index (χ2n) is 5.00. The summed E-state index contributed by atoms with van der Waals surface area (Å²) in [5, 5.41) is 5.83. The summed E-state index contributed by atoms with van der Waals surface area (Å²) in [5.41, 5.74) is 3.12. The Labute approximate surface area is 120 Å². The lowest BCUT2D eigenvalue weighted by Gasteiger charge is -2.15. The van der Waals surface area contributed by atoms with E-state index in [1.165, 1.54) is 5.56 Å². The van der Waals surface area contributed by atoms with Gasteiger partial charge in [-0.15, -0.1) is 0 Å². The Kier molecular flexibility index (Phi) is 4.77. The molecule has 3 heteroatoms. The number of hydrogen-bond acceptors (Lipinski definition) is 1. The number of urea groups is 1. The summed E-state index contributed by atoms with van der Waals surface area (Å²) in [7, 11) is 0. The molecule has 0 aromatic heterocycles. The summed E-state index contributed by atoms with van der Waals surface area (Å²) in [4.78, 5) is 11.9. The lowest BCUT2D eigenvalue weighted by atomic mass is 10.1. The third-order valence-corrected chi connectivity index (χ3v) is 3.16. The fourth-order valence-electron chi connectivity index (χ4n) is 2.11. The van der Waals surface area contributed by atoms with Crippen molar-refractivity contribution >= 4 is 11.7 Å². The van der Waals surface area contributed by atoms with Crippen molar-refractivity contribution in [2.45, 2.75) is 26.3 Å². The zero-order valence-electron chi connectivity index (χ0n) is 11.9. The van der Waals surface area contributed by atoms with Gasteiger partial charge in [0.2, 0.25) is 0 Å². The molecular formula is C17H20N2O. The van der Waals surface area contributed by atoms with Crippen molar-refractivity contribution in [2.75, 3.05) is 5.32 Å². The van der Waals surface area contributed by atoms with Crippen molar-refractivity contribution in [1.29, 1.82) is 0 Å². The largest absolute Gasteiger partial charge is 0.335 e. The van der Waals surface area contributed by atoms with Crippen LogP contribution in [0.15, 0.2) is 54.6 Å². The lowest BCUT2D eigenvalue weighted by molar-refractivity contribution is 0.249. The minimum atomic E-state index is -0.164. The number of amides is 2. The Morgan fingerprint density at radius 1 is 1.05 bits per heavy atom. The van der Waals surface area contributed by atoms with Crippen LogP contribution in [0, 0.1) is 6.92 Å². The molecule has 2 N–H and O–H groups in total. The second kappa shape index (κ2) is 6.75. The minimum Gasteiger partial charge on any atom is -0.335 e. The van der Waals surface area contributed by atoms with Gasteiger partial charge in [0, 0.05) is 11.7 Å². The van der Waals surface area contributed by atoms with Gasteiger partial charge in [-0.1, -0.05) is 48.5 Å². The molecule has 0 saturated carbocycles. The van der Waals surface area contributed by atoms with Gasteiger partial charge in [0.15, 0.2) is 0 Å². The van der Waals surface area contributed by atoms with Crippen LogP contribution in [0.4, 0.5) is 10.5 Å². The summed E-state index contributed by atoms with van der Waals surface area (Å²) >= 11 is 0. The number of aryl methyl sites for hydroxylation is 1. The molecule has 2 amide bonds. The van der Waals surface area contributed by atoms with E-state index in [0.29, 0.717) is 0 Å². The molecule has 2 rings (SSSR count). The van der Waals surface area contributed by atoms with E-state index >= 15 is 0 Å². The first-order valence-electron chi connectivity index (χ1n) is 6.82. The van der Waals surface area contributed by atoms with E-state index in [0.717, 1.165) is 17.7 Å². The summed E-state index contributed by atoms with van der Waals surface area (Å²) in [5.74, 6) is 0. The van der Waals surface area contributed by atoms with Gasteiger partial charge in [0.05, 0.1) is 0 Å². The summed E-state index contributed by atoms with van der Waals surface area (Å²) in [6, 6.07) is 17.8. The number of rotatable bonds is 4. The molecule has 0 aliphatic carbocycles. The van der Waals surface area contributed by atoms with Gasteiger partial charge < -0.3 is 10.6 Å². The van der Waals surface area contributed by atoms with Gasteiger partial charge in [-0.2, -0.15) is 0 Å². The SMILES string of the molecule is Cc1ccccc1NC(=O)NC(C)Cc1ccccc1. The van der Waals surface area contributed by atoms with Crippen LogP contribution in [0.3, 0.4) is 0 Å². The van der Waals surface area contributed by atoms with Gasteiger partial charge >= 0.3 is 6.03 Å². The Bertz CT molecular complexity index is 566. The summed E-state index contributed by atoms with van der Waals surface area (Å²) < 4.78 is 0. The molecule has 0 heterocycles. The fourth-order valence-corrected chi connectivity index (χ4v) is 2.11. The normalized spacial score (nSPS) is 11.7. The molecule has 104 valence electrons. The molecule has 0 spiro atoms. The van der Waals surface area contributed by atoms with E-state index in [4.69, 9.17) is 0 Å². The predicted octanol–water partition coefficient (Wildman–Crippen LogP) is 3.75. The smallest absolute Gasteiger partial charge is 0.319 e. The van der Waals surface area contributed by atoms with Crippen LogP contribution in [-0.2, 0) is 6.42 Å². The quantitative estimate of drug-likeness (QED) is 0.871. The van der Waals surface area contributed by atoms with Gasteiger partial charge in [0.1, 0.15) is 0 Å². The average Bonchev–Trinajstić information content (AvgIpc) is 2.42. The second-order valence-corrected chi connectivity index (χ2v) is 5.00. The van der Waals surface area contributed by atoms with E-state index in [1.54, 1.807) is 0 Å².